The molecule has 1 aliphatic carbocycles. The highest BCUT2D eigenvalue weighted by Crippen LogP contribution is 2.64. The van der Waals surface area contributed by atoms with Gasteiger partial charge in [0, 0.05) is 12.0 Å². The third-order valence-electron chi connectivity index (χ3n) is 4.62. The molecule has 3 N–H and O–H groups in total. The van der Waals surface area contributed by atoms with Crippen LogP contribution in [0.5, 0.6) is 11.5 Å². The van der Waals surface area contributed by atoms with Gasteiger partial charge in [-0.3, -0.25) is 0 Å². The molecule has 2 rings (SSSR count). The van der Waals surface area contributed by atoms with Crippen LogP contribution in [0.2, 0.25) is 0 Å². The molecule has 1 saturated carbocycles. The van der Waals surface area contributed by atoms with Crippen molar-refractivity contribution in [1.82, 2.24) is 0 Å². The molecule has 4 nitrogen and oxygen atoms in total. The second-order valence-corrected chi connectivity index (χ2v) is 5.75. The molecule has 2 atom stereocenters. The van der Waals surface area contributed by atoms with E-state index in [1.54, 1.807) is 14.2 Å². The van der Waals surface area contributed by atoms with Crippen LogP contribution in [0.1, 0.15) is 18.9 Å². The lowest BCUT2D eigenvalue weighted by Crippen LogP contribution is -2.26. The summed E-state index contributed by atoms with van der Waals surface area (Å²) in [5.74, 6) is 1.48. The van der Waals surface area contributed by atoms with Gasteiger partial charge < -0.3 is 20.3 Å². The zero-order valence-corrected chi connectivity index (χ0v) is 11.9. The molecular formula is C15H23NO3. The molecule has 0 aromatic heterocycles. The SMILES string of the molecule is COc1ccc(CC2(C)CC2(CN)CO)cc1OC. The highest BCUT2D eigenvalue weighted by molar-refractivity contribution is 5.43. The van der Waals surface area contributed by atoms with Crippen LogP contribution in [-0.2, 0) is 6.42 Å². The van der Waals surface area contributed by atoms with Crippen molar-refractivity contribution in [1.29, 1.82) is 0 Å². The fraction of sp³-hybridized carbons (Fsp3) is 0.600. The molecule has 2 unspecified atom stereocenters. The first-order chi connectivity index (χ1) is 9.04. The van der Waals surface area contributed by atoms with Gasteiger partial charge in [0.1, 0.15) is 0 Å². The summed E-state index contributed by atoms with van der Waals surface area (Å²) in [6, 6.07) is 5.97. The maximum absolute atomic E-state index is 9.53. The largest absolute Gasteiger partial charge is 0.493 e. The van der Waals surface area contributed by atoms with E-state index in [9.17, 15) is 5.11 Å². The van der Waals surface area contributed by atoms with Crippen molar-refractivity contribution in [2.24, 2.45) is 16.6 Å². The van der Waals surface area contributed by atoms with Gasteiger partial charge in [-0.1, -0.05) is 13.0 Å². The number of aliphatic hydroxyl groups is 1. The summed E-state index contributed by atoms with van der Waals surface area (Å²) in [5, 5.41) is 9.53. The van der Waals surface area contributed by atoms with Crippen molar-refractivity contribution in [3.8, 4) is 11.5 Å². The highest BCUT2D eigenvalue weighted by atomic mass is 16.5. The Kier molecular flexibility index (Phi) is 3.74. The molecule has 0 radical (unpaired) electrons. The van der Waals surface area contributed by atoms with Crippen LogP contribution < -0.4 is 15.2 Å². The predicted molar refractivity (Wildman–Crippen MR) is 74.5 cm³/mol. The lowest BCUT2D eigenvalue weighted by Gasteiger charge is -2.20. The summed E-state index contributed by atoms with van der Waals surface area (Å²) in [6.45, 7) is 2.88. The first-order valence-corrected chi connectivity index (χ1v) is 6.56. The first kappa shape index (κ1) is 14.2. The molecular weight excluding hydrogens is 242 g/mol. The quantitative estimate of drug-likeness (QED) is 0.820. The van der Waals surface area contributed by atoms with E-state index in [1.165, 1.54) is 5.56 Å². The maximum Gasteiger partial charge on any atom is 0.160 e. The minimum atomic E-state index is -0.111. The van der Waals surface area contributed by atoms with Crippen molar-refractivity contribution in [2.45, 2.75) is 19.8 Å². The summed E-state index contributed by atoms with van der Waals surface area (Å²) in [4.78, 5) is 0. The Morgan fingerprint density at radius 1 is 1.26 bits per heavy atom. The zero-order valence-electron chi connectivity index (χ0n) is 11.9. The van der Waals surface area contributed by atoms with Gasteiger partial charge in [-0.25, -0.2) is 0 Å². The summed E-state index contributed by atoms with van der Waals surface area (Å²) in [7, 11) is 3.27. The van der Waals surface area contributed by atoms with Gasteiger partial charge in [-0.2, -0.15) is 0 Å². The Hall–Kier alpha value is -1.26. The minimum absolute atomic E-state index is 0.0795. The average Bonchev–Trinajstić information content (AvgIpc) is 3.03. The van der Waals surface area contributed by atoms with Gasteiger partial charge in [0.15, 0.2) is 11.5 Å². The van der Waals surface area contributed by atoms with Gasteiger partial charge in [0.2, 0.25) is 0 Å². The van der Waals surface area contributed by atoms with Crippen molar-refractivity contribution >= 4 is 0 Å². The van der Waals surface area contributed by atoms with Crippen LogP contribution in [0, 0.1) is 10.8 Å². The molecule has 106 valence electrons. The summed E-state index contributed by atoms with van der Waals surface area (Å²) in [6.07, 6.45) is 1.87. The number of hydrogen-bond acceptors (Lipinski definition) is 4. The van der Waals surface area contributed by atoms with E-state index in [0.717, 1.165) is 24.3 Å². The van der Waals surface area contributed by atoms with E-state index < -0.39 is 0 Å². The molecule has 19 heavy (non-hydrogen) atoms. The fourth-order valence-corrected chi connectivity index (χ4v) is 3.02. The monoisotopic (exact) mass is 265 g/mol. The first-order valence-electron chi connectivity index (χ1n) is 6.56. The van der Waals surface area contributed by atoms with Gasteiger partial charge in [0.25, 0.3) is 0 Å². The average molecular weight is 265 g/mol. The standard InChI is InChI=1S/C15H23NO3/c1-14(8-15(14,9-16)10-17)7-11-4-5-12(18-2)13(6-11)19-3/h4-6,17H,7-10,16H2,1-3H3. The summed E-state index contributed by atoms with van der Waals surface area (Å²) < 4.78 is 10.6. The van der Waals surface area contributed by atoms with Gasteiger partial charge in [0.05, 0.1) is 20.8 Å². The smallest absolute Gasteiger partial charge is 0.160 e. The topological polar surface area (TPSA) is 64.7 Å². The van der Waals surface area contributed by atoms with Crippen LogP contribution >= 0.6 is 0 Å². The van der Waals surface area contributed by atoms with E-state index in [-0.39, 0.29) is 17.4 Å². The minimum Gasteiger partial charge on any atom is -0.493 e. The molecule has 1 fully saturated rings. The predicted octanol–water partition coefficient (Wildman–Crippen LogP) is 1.59. The maximum atomic E-state index is 9.53. The Morgan fingerprint density at radius 3 is 2.42 bits per heavy atom. The zero-order chi connectivity index (χ0) is 14.1. The molecule has 0 bridgehead atoms. The second kappa shape index (κ2) is 5.02. The van der Waals surface area contributed by atoms with Crippen LogP contribution in [0.3, 0.4) is 0 Å². The number of hydrogen-bond donors (Lipinski definition) is 2. The molecule has 0 aliphatic heterocycles. The molecule has 0 amide bonds. The molecule has 4 heteroatoms. The third-order valence-corrected chi connectivity index (χ3v) is 4.62. The number of aliphatic hydroxyl groups excluding tert-OH is 1. The number of ether oxygens (including phenoxy) is 2. The Bertz CT molecular complexity index is 457. The number of nitrogens with two attached hydrogens (primary N) is 1. The van der Waals surface area contributed by atoms with E-state index in [1.807, 2.05) is 18.2 Å². The van der Waals surface area contributed by atoms with Crippen molar-refractivity contribution in [2.75, 3.05) is 27.4 Å². The van der Waals surface area contributed by atoms with Gasteiger partial charge in [-0.15, -0.1) is 0 Å². The molecule has 1 aromatic rings. The molecule has 0 spiro atoms. The molecule has 1 aromatic carbocycles. The third kappa shape index (κ3) is 2.30. The highest BCUT2D eigenvalue weighted by Gasteiger charge is 2.62. The van der Waals surface area contributed by atoms with Gasteiger partial charge in [-0.05, 0) is 36.0 Å². The van der Waals surface area contributed by atoms with Crippen molar-refractivity contribution in [3.05, 3.63) is 23.8 Å². The van der Waals surface area contributed by atoms with E-state index in [4.69, 9.17) is 15.2 Å². The second-order valence-electron chi connectivity index (χ2n) is 5.75. The lowest BCUT2D eigenvalue weighted by molar-refractivity contribution is 0.180. The van der Waals surface area contributed by atoms with Crippen LogP contribution in [-0.4, -0.2) is 32.5 Å². The van der Waals surface area contributed by atoms with Crippen molar-refractivity contribution < 1.29 is 14.6 Å². The van der Waals surface area contributed by atoms with E-state index in [2.05, 4.69) is 6.92 Å². The number of methoxy groups -OCH3 is 2. The van der Waals surface area contributed by atoms with Crippen molar-refractivity contribution in [3.63, 3.8) is 0 Å². The lowest BCUT2D eigenvalue weighted by atomic mass is 9.88. The molecule has 0 saturated heterocycles. The van der Waals surface area contributed by atoms with Crippen LogP contribution in [0.25, 0.3) is 0 Å². The molecule has 1 aliphatic rings. The summed E-state index contributed by atoms with van der Waals surface area (Å²) in [5.41, 5.74) is 6.96. The van der Waals surface area contributed by atoms with Crippen LogP contribution in [0.15, 0.2) is 18.2 Å². The Morgan fingerprint density at radius 2 is 1.95 bits per heavy atom. The number of rotatable bonds is 6. The Balaban J connectivity index is 2.17. The number of benzene rings is 1. The summed E-state index contributed by atoms with van der Waals surface area (Å²) >= 11 is 0. The van der Waals surface area contributed by atoms with E-state index in [0.29, 0.717) is 6.54 Å². The Labute approximate surface area is 114 Å². The van der Waals surface area contributed by atoms with Gasteiger partial charge >= 0.3 is 0 Å². The van der Waals surface area contributed by atoms with E-state index >= 15 is 0 Å². The fourth-order valence-electron chi connectivity index (χ4n) is 3.02. The molecule has 0 heterocycles. The van der Waals surface area contributed by atoms with Crippen LogP contribution in [0.4, 0.5) is 0 Å². The normalized spacial score (nSPS) is 29.1.